The number of benzene rings is 8. The second kappa shape index (κ2) is 23.0. The Morgan fingerprint density at radius 1 is 0.427 bits per heavy atom. The van der Waals surface area contributed by atoms with Crippen molar-refractivity contribution in [1.29, 1.82) is 0 Å². The summed E-state index contributed by atoms with van der Waals surface area (Å²) in [5.41, 5.74) is 25.9. The van der Waals surface area contributed by atoms with Gasteiger partial charge in [-0.3, -0.25) is 0 Å². The van der Waals surface area contributed by atoms with Crippen LogP contribution in [0, 0.1) is 25.2 Å². The van der Waals surface area contributed by atoms with Gasteiger partial charge in [-0.25, -0.2) is 0 Å². The van der Waals surface area contributed by atoms with Gasteiger partial charge in [-0.1, -0.05) is 246 Å². The zero-order chi connectivity index (χ0) is 63.9. The molecule has 1 atom stereocenters. The van der Waals surface area contributed by atoms with Crippen LogP contribution in [0.3, 0.4) is 0 Å². The molecule has 456 valence electrons. The minimum atomic E-state index is -0.0519. The van der Waals surface area contributed by atoms with Crippen molar-refractivity contribution in [3.8, 4) is 17.2 Å². The largest absolute Gasteiger partial charge is 0.460 e. The highest BCUT2D eigenvalue weighted by Gasteiger charge is 2.32. The summed E-state index contributed by atoms with van der Waals surface area (Å²) in [6.07, 6.45) is 12.6. The molecule has 0 saturated heterocycles. The van der Waals surface area contributed by atoms with E-state index in [1.807, 2.05) is 0 Å². The summed E-state index contributed by atoms with van der Waals surface area (Å²) in [7, 11) is 0. The maximum Gasteiger partial charge on any atom is 0.135 e. The fraction of sp³-hybridized carbons (Fsp3) is 0.326. The van der Waals surface area contributed by atoms with Crippen molar-refractivity contribution < 1.29 is 9.47 Å². The summed E-state index contributed by atoms with van der Waals surface area (Å²) in [6, 6.07) is 61.9. The molecule has 11 rings (SSSR count). The summed E-state index contributed by atoms with van der Waals surface area (Å²) in [5, 5.41) is 0. The van der Waals surface area contributed by atoms with Crippen LogP contribution in [0.1, 0.15) is 214 Å². The molecule has 2 heterocycles. The minimum absolute atomic E-state index is 0.0294. The number of anilines is 3. The van der Waals surface area contributed by atoms with E-state index in [1.165, 1.54) is 55.6 Å². The van der Waals surface area contributed by atoms with Gasteiger partial charge in [0.05, 0.1) is 0 Å². The molecule has 8 aromatic rings. The number of ether oxygens (including phenoxy) is 2. The highest BCUT2D eigenvalue weighted by Crippen LogP contribution is 2.48. The average molecular weight is 1170 g/mol. The highest BCUT2D eigenvalue weighted by atomic mass is 16.5. The molecule has 0 aromatic heterocycles. The highest BCUT2D eigenvalue weighted by molar-refractivity contribution is 5.97. The van der Waals surface area contributed by atoms with Gasteiger partial charge >= 0.3 is 0 Å². The summed E-state index contributed by atoms with van der Waals surface area (Å²) < 4.78 is 14.1. The van der Waals surface area contributed by atoms with Crippen molar-refractivity contribution in [2.24, 2.45) is 11.3 Å². The molecule has 0 fully saturated rings. The van der Waals surface area contributed by atoms with Gasteiger partial charge in [0.15, 0.2) is 0 Å². The van der Waals surface area contributed by atoms with Crippen molar-refractivity contribution in [2.75, 3.05) is 4.90 Å². The van der Waals surface area contributed by atoms with Crippen LogP contribution in [0.4, 0.5) is 17.1 Å². The molecule has 0 N–H and O–H groups in total. The van der Waals surface area contributed by atoms with Crippen molar-refractivity contribution in [1.82, 2.24) is 0 Å². The topological polar surface area (TPSA) is 21.7 Å². The molecule has 1 unspecified atom stereocenters. The number of hydrogen-bond acceptors (Lipinski definition) is 3. The number of allylic oxidation sites excluding steroid dienone is 5. The summed E-state index contributed by atoms with van der Waals surface area (Å²) in [6.45, 7) is 45.7. The molecule has 89 heavy (non-hydrogen) atoms. The Labute approximate surface area is 534 Å². The third-order valence-electron chi connectivity index (χ3n) is 18.7. The Balaban J connectivity index is 1.05. The lowest BCUT2D eigenvalue weighted by atomic mass is 9.75. The second-order valence-electron chi connectivity index (χ2n) is 31.8. The third-order valence-corrected chi connectivity index (χ3v) is 18.7. The summed E-state index contributed by atoms with van der Waals surface area (Å²) in [5.74, 6) is 4.08. The molecule has 0 spiro atoms. The molecule has 2 aliphatic heterocycles. The van der Waals surface area contributed by atoms with Crippen LogP contribution in [-0.4, -0.2) is 0 Å². The number of hydrogen-bond donors (Lipinski definition) is 0. The van der Waals surface area contributed by atoms with E-state index >= 15 is 0 Å². The predicted octanol–water partition coefficient (Wildman–Crippen LogP) is 24.2. The van der Waals surface area contributed by atoms with Crippen LogP contribution in [-0.2, 0) is 27.1 Å². The fourth-order valence-electron chi connectivity index (χ4n) is 12.5. The van der Waals surface area contributed by atoms with Crippen LogP contribution in [0.2, 0.25) is 0 Å². The fourth-order valence-corrected chi connectivity index (χ4v) is 12.5. The summed E-state index contributed by atoms with van der Waals surface area (Å²) in [4.78, 5) is 2.40. The van der Waals surface area contributed by atoms with Crippen LogP contribution < -0.4 is 14.4 Å². The van der Waals surface area contributed by atoms with Crippen LogP contribution in [0.25, 0.3) is 28.9 Å². The normalized spacial score (nSPS) is 15.6. The molecule has 0 radical (unpaired) electrons. The lowest BCUT2D eigenvalue weighted by Gasteiger charge is -2.31. The molecule has 0 saturated carbocycles. The van der Waals surface area contributed by atoms with Gasteiger partial charge < -0.3 is 14.4 Å². The molecule has 0 amide bonds. The van der Waals surface area contributed by atoms with E-state index in [9.17, 15) is 0 Å². The Hall–Kier alpha value is -8.14. The molecule has 0 bridgehead atoms. The van der Waals surface area contributed by atoms with E-state index in [2.05, 4.69) is 338 Å². The zero-order valence-electron chi connectivity index (χ0n) is 57.0. The van der Waals surface area contributed by atoms with Crippen molar-refractivity contribution in [2.45, 2.75) is 172 Å². The van der Waals surface area contributed by atoms with Gasteiger partial charge in [-0.2, -0.15) is 0 Å². The Bertz CT molecular complexity index is 4180. The minimum Gasteiger partial charge on any atom is -0.460 e. The first-order chi connectivity index (χ1) is 41.7. The first-order valence-corrected chi connectivity index (χ1v) is 32.4. The van der Waals surface area contributed by atoms with E-state index in [1.54, 1.807) is 0 Å². The third kappa shape index (κ3) is 13.2. The standard InChI is InChI=1S/C86H95NO2/c1-54-45-62(81(3,4)5)30-21-59(54)47-74(71-42-33-63(46-55(71)2)82(6,7)8)56-24-36-68(37-25-56)87(69-38-26-57(27-39-69)75-48-60-22-31-64(83(9,10)11)50-77(60)88-79-52-66(85(15,16)17)34-43-72(75)79)70-40-28-58(29-41-70)76-49-61-23-32-65(84(12,13)14)51-78(61)89-80-53-67(86(18,19)20)35-44-73(76)80/h21-50,52-53,65H,51H2,1-20H3/b74-47-. The molecule has 1 aliphatic carbocycles. The van der Waals surface area contributed by atoms with E-state index in [4.69, 9.17) is 9.47 Å². The van der Waals surface area contributed by atoms with Gasteiger partial charge in [0.25, 0.3) is 0 Å². The van der Waals surface area contributed by atoms with E-state index in [0.717, 1.165) is 96.6 Å². The second-order valence-corrected chi connectivity index (χ2v) is 31.8. The number of aryl methyl sites for hydroxylation is 2. The SMILES string of the molecule is Cc1cc(C(C)(C)C)ccc1/C=C(/c1ccc(N(c2ccc(C3=CC4=C(CC(C(C)(C)C)C=C4)Oc4cc(C(C)(C)C)ccc43)cc2)c2ccc(C3=Cc4ccc(C(C)(C)C)cc4Oc4cc(C(C)(C)C)ccc43)cc2)cc1)c1ccc(C(C)(C)C)cc1C. The van der Waals surface area contributed by atoms with Crippen LogP contribution >= 0.6 is 0 Å². The first-order valence-electron chi connectivity index (χ1n) is 32.4. The van der Waals surface area contributed by atoms with Crippen molar-refractivity contribution in [3.05, 3.63) is 277 Å². The Morgan fingerprint density at radius 2 is 0.854 bits per heavy atom. The molecule has 8 aromatic carbocycles. The molecule has 3 aliphatic rings. The van der Waals surface area contributed by atoms with Crippen molar-refractivity contribution in [3.63, 3.8) is 0 Å². The quantitative estimate of drug-likeness (QED) is 0.142. The smallest absolute Gasteiger partial charge is 0.135 e. The van der Waals surface area contributed by atoms with E-state index in [0.29, 0.717) is 5.92 Å². The maximum atomic E-state index is 7.07. The predicted molar refractivity (Wildman–Crippen MR) is 382 cm³/mol. The molecular formula is C86H95NO2. The number of fused-ring (bicyclic) bond motifs is 3. The monoisotopic (exact) mass is 1170 g/mol. The molecular weight excluding hydrogens is 1080 g/mol. The van der Waals surface area contributed by atoms with Gasteiger partial charge in [-0.15, -0.1) is 0 Å². The zero-order valence-corrected chi connectivity index (χ0v) is 57.0. The van der Waals surface area contributed by atoms with Gasteiger partial charge in [-0.05, 0) is 209 Å². The first kappa shape index (κ1) is 62.5. The van der Waals surface area contributed by atoms with E-state index in [-0.39, 0.29) is 32.5 Å². The number of rotatable bonds is 8. The number of nitrogens with zero attached hydrogens (tertiary/aromatic N) is 1. The van der Waals surface area contributed by atoms with Crippen LogP contribution in [0.5, 0.6) is 17.2 Å². The lowest BCUT2D eigenvalue weighted by Crippen LogP contribution is -2.22. The average Bonchev–Trinajstić information content (AvgIpc) is 1.81. The molecule has 3 heteroatoms. The Morgan fingerprint density at radius 3 is 1.34 bits per heavy atom. The van der Waals surface area contributed by atoms with Gasteiger partial charge in [0.2, 0.25) is 0 Å². The molecule has 3 nitrogen and oxygen atoms in total. The lowest BCUT2D eigenvalue weighted by molar-refractivity contribution is 0.257. The van der Waals surface area contributed by atoms with Crippen LogP contribution in [0.15, 0.2) is 193 Å². The van der Waals surface area contributed by atoms with E-state index < -0.39 is 0 Å². The Kier molecular flexibility index (Phi) is 16.2. The van der Waals surface area contributed by atoms with Crippen molar-refractivity contribution >= 4 is 45.9 Å². The summed E-state index contributed by atoms with van der Waals surface area (Å²) >= 11 is 0. The maximum absolute atomic E-state index is 7.07. The van der Waals surface area contributed by atoms with Gasteiger partial charge in [0, 0.05) is 45.7 Å². The van der Waals surface area contributed by atoms with Gasteiger partial charge in [0.1, 0.15) is 23.0 Å².